The molecule has 0 rings (SSSR count). The van der Waals surface area contributed by atoms with Crippen LogP contribution in [-0.2, 0) is 14.3 Å². The fraction of sp³-hybridized carbons (Fsp3) is 0.778. The zero-order valence-electron chi connectivity index (χ0n) is 9.29. The molecule has 1 amide bonds. The minimum absolute atomic E-state index is 0.283. The van der Waals surface area contributed by atoms with Crippen molar-refractivity contribution in [2.24, 2.45) is 5.92 Å². The normalized spacial score (nSPS) is 13.4. The molecule has 76 valence electrons. The van der Waals surface area contributed by atoms with Crippen molar-refractivity contribution in [2.75, 3.05) is 7.11 Å². The van der Waals surface area contributed by atoms with E-state index in [0.29, 0.717) is 6.42 Å². The second-order valence-corrected chi connectivity index (χ2v) is 3.27. The van der Waals surface area contributed by atoms with Gasteiger partial charge in [-0.3, -0.25) is 4.79 Å². The number of nitrogens with one attached hydrogen (secondary N) is 1. The van der Waals surface area contributed by atoms with Crippen LogP contribution < -0.4 is 5.32 Å². The molecule has 0 saturated heterocycles. The van der Waals surface area contributed by atoms with E-state index < -0.39 is 17.9 Å². The number of esters is 1. The molecule has 0 aliphatic heterocycles. The molecule has 0 aliphatic carbocycles. The largest absolute Gasteiger partial charge is 0.467 e. The lowest BCUT2D eigenvalue weighted by Gasteiger charge is -2.16. The van der Waals surface area contributed by atoms with Gasteiger partial charge in [0.05, 0.1) is 7.11 Å². The fourth-order valence-electron chi connectivity index (χ4n) is 1.02. The summed E-state index contributed by atoms with van der Waals surface area (Å²) in [6.07, 6.45) is 0.526. The molecule has 0 unspecified atom stereocenters. The van der Waals surface area contributed by atoms with Crippen molar-refractivity contribution >= 4 is 11.9 Å². The third kappa shape index (κ3) is 5.22. The number of ether oxygens (including phenoxy) is 1. The highest BCUT2D eigenvalue weighted by molar-refractivity contribution is 5.83. The topological polar surface area (TPSA) is 55.4 Å². The molecule has 0 fully saturated rings. The van der Waals surface area contributed by atoms with E-state index in [2.05, 4.69) is 10.1 Å². The number of rotatable bonds is 4. The van der Waals surface area contributed by atoms with E-state index in [9.17, 15) is 9.59 Å². The highest BCUT2D eigenvalue weighted by Crippen LogP contribution is 2.05. The summed E-state index contributed by atoms with van der Waals surface area (Å²) in [6.45, 7) is 3.52. The minimum Gasteiger partial charge on any atom is -0.467 e. The second kappa shape index (κ2) is 5.56. The first-order valence-electron chi connectivity index (χ1n) is 4.88. The maximum Gasteiger partial charge on any atom is 0.328 e. The maximum atomic E-state index is 11.2. The van der Waals surface area contributed by atoms with E-state index in [-0.39, 0.29) is 12.8 Å². The van der Waals surface area contributed by atoms with E-state index in [0.717, 1.165) is 0 Å². The van der Waals surface area contributed by atoms with Crippen LogP contribution in [0.1, 0.15) is 28.5 Å². The zero-order valence-corrected chi connectivity index (χ0v) is 8.29. The molecule has 1 atom stereocenters. The maximum absolute atomic E-state index is 11.2. The van der Waals surface area contributed by atoms with Crippen molar-refractivity contribution in [3.8, 4) is 0 Å². The van der Waals surface area contributed by atoms with Crippen molar-refractivity contribution in [3.63, 3.8) is 0 Å². The van der Waals surface area contributed by atoms with E-state index in [1.165, 1.54) is 7.11 Å². The van der Waals surface area contributed by atoms with E-state index in [1.54, 1.807) is 0 Å². The van der Waals surface area contributed by atoms with Gasteiger partial charge in [0.25, 0.3) is 0 Å². The van der Waals surface area contributed by atoms with Crippen LogP contribution in [0.5, 0.6) is 0 Å². The molecule has 0 bridgehead atoms. The van der Waals surface area contributed by atoms with Crippen LogP contribution in [0.3, 0.4) is 0 Å². The molecule has 0 heterocycles. The van der Waals surface area contributed by atoms with Crippen LogP contribution >= 0.6 is 0 Å². The Morgan fingerprint density at radius 1 is 1.54 bits per heavy atom. The zero-order chi connectivity index (χ0) is 11.1. The number of carbonyl (C=O) groups excluding carboxylic acids is 2. The molecule has 0 saturated carbocycles. The van der Waals surface area contributed by atoms with Crippen molar-refractivity contribution in [1.29, 1.82) is 0 Å². The predicted molar refractivity (Wildman–Crippen MR) is 49.1 cm³/mol. The number of amides is 1. The Morgan fingerprint density at radius 2 is 2.15 bits per heavy atom. The van der Waals surface area contributed by atoms with Gasteiger partial charge in [-0.05, 0) is 12.3 Å². The van der Waals surface area contributed by atoms with Gasteiger partial charge in [-0.15, -0.1) is 0 Å². The van der Waals surface area contributed by atoms with Gasteiger partial charge in [-0.2, -0.15) is 0 Å². The van der Waals surface area contributed by atoms with Gasteiger partial charge in [-0.1, -0.05) is 13.8 Å². The second-order valence-electron chi connectivity index (χ2n) is 3.27. The van der Waals surface area contributed by atoms with Crippen LogP contribution in [0.2, 0.25) is 0 Å². The Balaban J connectivity index is 4.24. The number of hydrogen-bond acceptors (Lipinski definition) is 3. The lowest BCUT2D eigenvalue weighted by molar-refractivity contribution is -0.145. The quantitative estimate of drug-likeness (QED) is 0.661. The summed E-state index contributed by atoms with van der Waals surface area (Å²) in [5.41, 5.74) is 0. The van der Waals surface area contributed by atoms with Crippen LogP contribution in [0, 0.1) is 5.92 Å². The van der Waals surface area contributed by atoms with Crippen molar-refractivity contribution < 1.29 is 15.7 Å². The molecule has 0 spiro atoms. The molecule has 0 aromatic heterocycles. The molecule has 4 nitrogen and oxygen atoms in total. The lowest BCUT2D eigenvalue weighted by atomic mass is 10.0. The Kier molecular flexibility index (Phi) is 4.29. The van der Waals surface area contributed by atoms with Crippen molar-refractivity contribution in [3.05, 3.63) is 0 Å². The molecular weight excluding hydrogens is 170 g/mol. The molecule has 0 aromatic carbocycles. The molecule has 1 N–H and O–H groups in total. The lowest BCUT2D eigenvalue weighted by Crippen LogP contribution is -2.41. The minimum atomic E-state index is -0.627. The molecular formula is C9H17NO3. The third-order valence-corrected chi connectivity index (χ3v) is 1.53. The fourth-order valence-corrected chi connectivity index (χ4v) is 1.02. The highest BCUT2D eigenvalue weighted by Gasteiger charge is 2.20. The molecule has 13 heavy (non-hydrogen) atoms. The smallest absolute Gasteiger partial charge is 0.328 e. The number of hydrogen-bond donors (Lipinski definition) is 1. The van der Waals surface area contributed by atoms with Gasteiger partial charge in [0.2, 0.25) is 5.91 Å². The molecule has 0 aliphatic rings. The molecule has 4 heteroatoms. The number of carbonyl (C=O) groups is 2. The van der Waals surface area contributed by atoms with Crippen LogP contribution in [-0.4, -0.2) is 25.0 Å². The van der Waals surface area contributed by atoms with Gasteiger partial charge in [0, 0.05) is 8.27 Å². The average molecular weight is 188 g/mol. The monoisotopic (exact) mass is 188 g/mol. The Bertz CT molecular complexity index is 206. The summed E-state index contributed by atoms with van der Waals surface area (Å²) in [5.74, 6) is -0.633. The highest BCUT2D eigenvalue weighted by atomic mass is 16.5. The van der Waals surface area contributed by atoms with Crippen LogP contribution in [0.4, 0.5) is 0 Å². The van der Waals surface area contributed by atoms with Crippen LogP contribution in [0.25, 0.3) is 0 Å². The Morgan fingerprint density at radius 3 is 2.54 bits per heavy atom. The molecule has 0 aromatic rings. The SMILES string of the molecule is [2H]CC(=O)N[C@@H](CC(C)C)C(=O)OC. The van der Waals surface area contributed by atoms with Gasteiger partial charge in [-0.25, -0.2) is 4.79 Å². The van der Waals surface area contributed by atoms with Gasteiger partial charge in [0.15, 0.2) is 0 Å². The van der Waals surface area contributed by atoms with Gasteiger partial charge in [0.1, 0.15) is 6.04 Å². The first-order chi connectivity index (χ1) is 6.51. The number of methoxy groups -OCH3 is 1. The van der Waals surface area contributed by atoms with Gasteiger partial charge >= 0.3 is 5.97 Å². The van der Waals surface area contributed by atoms with Crippen LogP contribution in [0.15, 0.2) is 0 Å². The predicted octanol–water partition coefficient (Wildman–Crippen LogP) is 0.710. The Hall–Kier alpha value is -1.06. The third-order valence-electron chi connectivity index (χ3n) is 1.53. The van der Waals surface area contributed by atoms with Gasteiger partial charge < -0.3 is 10.1 Å². The first-order valence-corrected chi connectivity index (χ1v) is 4.17. The van der Waals surface area contributed by atoms with E-state index >= 15 is 0 Å². The standard InChI is InChI=1S/C9H17NO3/c1-6(2)5-8(9(12)13-4)10-7(3)11/h6,8H,5H2,1-4H3,(H,10,11)/t8-/m0/s1/i3D. The van der Waals surface area contributed by atoms with Crippen molar-refractivity contribution in [2.45, 2.75) is 33.2 Å². The van der Waals surface area contributed by atoms with E-state index in [4.69, 9.17) is 1.37 Å². The first kappa shape index (κ1) is 10.0. The average Bonchev–Trinajstić information content (AvgIpc) is 2.14. The summed E-state index contributed by atoms with van der Waals surface area (Å²) >= 11 is 0. The van der Waals surface area contributed by atoms with Crippen molar-refractivity contribution in [1.82, 2.24) is 5.32 Å². The molecule has 0 radical (unpaired) electrons. The Labute approximate surface area is 80.1 Å². The summed E-state index contributed by atoms with van der Waals surface area (Å²) in [5, 5.41) is 2.45. The summed E-state index contributed by atoms with van der Waals surface area (Å²) < 4.78 is 11.4. The summed E-state index contributed by atoms with van der Waals surface area (Å²) in [7, 11) is 1.28. The summed E-state index contributed by atoms with van der Waals surface area (Å²) in [6, 6.07) is -0.627. The summed E-state index contributed by atoms with van der Waals surface area (Å²) in [4.78, 5) is 22.1. The van der Waals surface area contributed by atoms with E-state index in [1.807, 2.05) is 13.8 Å².